The maximum atomic E-state index is 6.34. The van der Waals surface area contributed by atoms with Crippen LogP contribution in [0, 0.1) is 0 Å². The minimum absolute atomic E-state index is 0.161. The maximum absolute atomic E-state index is 6.34. The van der Waals surface area contributed by atoms with Crippen molar-refractivity contribution in [1.82, 2.24) is 0 Å². The van der Waals surface area contributed by atoms with Gasteiger partial charge in [-0.2, -0.15) is 0 Å². The van der Waals surface area contributed by atoms with Crippen LogP contribution in [0.4, 0.5) is 11.4 Å². The van der Waals surface area contributed by atoms with Gasteiger partial charge in [0.1, 0.15) is 11.2 Å². The highest BCUT2D eigenvalue weighted by atomic mass is 16.3. The van der Waals surface area contributed by atoms with Gasteiger partial charge in [0.05, 0.1) is 23.1 Å². The second-order valence-electron chi connectivity index (χ2n) is 15.9. The van der Waals surface area contributed by atoms with Gasteiger partial charge in [-0.3, -0.25) is 0 Å². The first-order valence-electron chi connectivity index (χ1n) is 20.3. The van der Waals surface area contributed by atoms with Gasteiger partial charge in [0.15, 0.2) is 0 Å². The normalized spacial score (nSPS) is 14.2. The first-order chi connectivity index (χ1) is 29.2. The summed E-state index contributed by atoms with van der Waals surface area (Å²) in [4.78, 5) is 5.37. The average Bonchev–Trinajstić information content (AvgIpc) is 3.70. The van der Waals surface area contributed by atoms with Gasteiger partial charge < -0.3 is 9.73 Å². The molecule has 0 amide bonds. The van der Waals surface area contributed by atoms with E-state index in [1.54, 1.807) is 0 Å². The summed E-state index contributed by atoms with van der Waals surface area (Å²) in [5, 5.41) is 18.8. The van der Waals surface area contributed by atoms with Gasteiger partial charge in [0, 0.05) is 10.8 Å². The number of para-hydroxylation sites is 2. The zero-order valence-corrected chi connectivity index (χ0v) is 31.9. The van der Waals surface area contributed by atoms with Crippen molar-refractivity contribution >= 4 is 92.9 Å². The van der Waals surface area contributed by atoms with E-state index in [2.05, 4.69) is 199 Å². The molecule has 1 unspecified atom stereocenters. The molecular formula is C56H34N2O. The number of benzene rings is 11. The minimum atomic E-state index is -0.161. The van der Waals surface area contributed by atoms with E-state index in [-0.39, 0.29) is 6.04 Å². The molecule has 1 N–H and O–H groups in total. The molecule has 3 heteroatoms. The highest BCUT2D eigenvalue weighted by molar-refractivity contribution is 6.33. The van der Waals surface area contributed by atoms with Crippen LogP contribution in [0.5, 0.6) is 0 Å². The summed E-state index contributed by atoms with van der Waals surface area (Å²) >= 11 is 0. The molecule has 0 radical (unpaired) electrons. The van der Waals surface area contributed by atoms with Crippen LogP contribution in [0.15, 0.2) is 204 Å². The molecule has 59 heavy (non-hydrogen) atoms. The monoisotopic (exact) mass is 750 g/mol. The SMILES string of the molecule is c1ccc(-c2cccc(C3=Nc4ccccc4NC3c3ccc4c5ccccc5c5ccc(-c6ccc7c(c6)c6cccc8oc9cccc7c9c86)cc5c4c3)c2)cc1. The number of hydrogen-bond donors (Lipinski definition) is 1. The zero-order chi connectivity index (χ0) is 38.6. The van der Waals surface area contributed by atoms with Gasteiger partial charge in [-0.15, -0.1) is 0 Å². The standard InChI is InChI=1S/C56H34N2O/c1-2-11-33(12-3-1)34-13-8-14-37(29-34)55-56(58-50-20-7-6-19-49(50)57-55)38-25-28-42-40-16-5-4-15-39(40)41-26-23-36(31-47(41)48(42)32-38)35-24-27-43-44-17-9-21-51-53(44)54-45(46(43)30-35)18-10-22-52(54)59-51/h1-32,56,58H. The summed E-state index contributed by atoms with van der Waals surface area (Å²) in [6.45, 7) is 0. The van der Waals surface area contributed by atoms with Gasteiger partial charge in [-0.1, -0.05) is 146 Å². The van der Waals surface area contributed by atoms with Crippen LogP contribution in [-0.4, -0.2) is 5.71 Å². The molecule has 0 spiro atoms. The van der Waals surface area contributed by atoms with E-state index in [4.69, 9.17) is 9.41 Å². The number of nitrogens with one attached hydrogen (secondary N) is 1. The zero-order valence-electron chi connectivity index (χ0n) is 31.9. The lowest BCUT2D eigenvalue weighted by Crippen LogP contribution is -2.25. The molecule has 1 aliphatic rings. The Bertz CT molecular complexity index is 3710. The van der Waals surface area contributed by atoms with Crippen LogP contribution in [0.25, 0.3) is 98.1 Å². The second kappa shape index (κ2) is 12.4. The minimum Gasteiger partial charge on any atom is -0.456 e. The fourth-order valence-electron chi connectivity index (χ4n) is 9.90. The largest absolute Gasteiger partial charge is 0.456 e. The molecular weight excluding hydrogens is 717 g/mol. The van der Waals surface area contributed by atoms with Crippen molar-refractivity contribution in [3.63, 3.8) is 0 Å². The predicted molar refractivity (Wildman–Crippen MR) is 249 cm³/mol. The summed E-state index contributed by atoms with van der Waals surface area (Å²) in [5.74, 6) is 0. The summed E-state index contributed by atoms with van der Waals surface area (Å²) in [6.07, 6.45) is 0. The summed E-state index contributed by atoms with van der Waals surface area (Å²) < 4.78 is 6.34. The Morgan fingerprint density at radius 2 is 0.864 bits per heavy atom. The van der Waals surface area contributed by atoms with Crippen LogP contribution in [-0.2, 0) is 0 Å². The van der Waals surface area contributed by atoms with Crippen molar-refractivity contribution < 1.29 is 4.42 Å². The number of nitrogens with zero attached hydrogens (tertiary/aromatic N) is 1. The Morgan fingerprint density at radius 3 is 1.61 bits per heavy atom. The van der Waals surface area contributed by atoms with Crippen molar-refractivity contribution in [1.29, 1.82) is 0 Å². The number of anilines is 1. The lowest BCUT2D eigenvalue weighted by molar-refractivity contribution is 0.669. The van der Waals surface area contributed by atoms with Gasteiger partial charge in [0.2, 0.25) is 0 Å². The first-order valence-corrected chi connectivity index (χ1v) is 20.3. The molecule has 0 aliphatic carbocycles. The second-order valence-corrected chi connectivity index (χ2v) is 15.9. The first kappa shape index (κ1) is 32.3. The average molecular weight is 751 g/mol. The van der Waals surface area contributed by atoms with Gasteiger partial charge in [0.25, 0.3) is 0 Å². The van der Waals surface area contributed by atoms with Crippen LogP contribution < -0.4 is 5.32 Å². The van der Waals surface area contributed by atoms with Crippen LogP contribution in [0.3, 0.4) is 0 Å². The molecule has 0 bridgehead atoms. The molecule has 0 saturated heterocycles. The fourth-order valence-corrected chi connectivity index (χ4v) is 9.90. The Hall–Kier alpha value is -7.75. The Morgan fingerprint density at radius 1 is 0.356 bits per heavy atom. The molecule has 274 valence electrons. The van der Waals surface area contributed by atoms with Gasteiger partial charge in [-0.05, 0) is 136 Å². The molecule has 0 fully saturated rings. The van der Waals surface area contributed by atoms with Crippen molar-refractivity contribution in [2.45, 2.75) is 6.04 Å². The smallest absolute Gasteiger partial charge is 0.136 e. The third-order valence-corrected chi connectivity index (χ3v) is 12.6. The molecule has 1 aliphatic heterocycles. The highest BCUT2D eigenvalue weighted by Crippen LogP contribution is 2.45. The molecule has 3 nitrogen and oxygen atoms in total. The lowest BCUT2D eigenvalue weighted by atomic mass is 9.87. The fraction of sp³-hybridized carbons (Fsp3) is 0.0179. The molecule has 2 heterocycles. The van der Waals surface area contributed by atoms with Crippen molar-refractivity contribution in [2.24, 2.45) is 4.99 Å². The number of rotatable bonds is 4. The van der Waals surface area contributed by atoms with Gasteiger partial charge >= 0.3 is 0 Å². The van der Waals surface area contributed by atoms with E-state index in [1.807, 2.05) is 0 Å². The maximum Gasteiger partial charge on any atom is 0.136 e. The summed E-state index contributed by atoms with van der Waals surface area (Å²) in [5.41, 5.74) is 11.9. The van der Waals surface area contributed by atoms with Crippen LogP contribution in [0.1, 0.15) is 17.2 Å². The molecule has 1 atom stereocenters. The quantitative estimate of drug-likeness (QED) is 0.182. The van der Waals surface area contributed by atoms with E-state index >= 15 is 0 Å². The van der Waals surface area contributed by atoms with Crippen molar-refractivity contribution in [3.8, 4) is 22.3 Å². The molecule has 13 rings (SSSR count). The predicted octanol–water partition coefficient (Wildman–Crippen LogP) is 15.4. The molecule has 0 saturated carbocycles. The van der Waals surface area contributed by atoms with Crippen LogP contribution in [0.2, 0.25) is 0 Å². The molecule has 11 aromatic carbocycles. The van der Waals surface area contributed by atoms with E-state index in [0.717, 1.165) is 33.8 Å². The van der Waals surface area contributed by atoms with Crippen molar-refractivity contribution in [3.05, 3.63) is 205 Å². The third-order valence-electron chi connectivity index (χ3n) is 12.6. The third kappa shape index (κ3) is 4.85. The van der Waals surface area contributed by atoms with E-state index < -0.39 is 0 Å². The Labute approximate surface area is 339 Å². The van der Waals surface area contributed by atoms with E-state index in [9.17, 15) is 0 Å². The van der Waals surface area contributed by atoms with Crippen molar-refractivity contribution in [2.75, 3.05) is 5.32 Å². The van der Waals surface area contributed by atoms with Gasteiger partial charge in [-0.25, -0.2) is 4.99 Å². The lowest BCUT2D eigenvalue weighted by Gasteiger charge is -2.28. The summed E-state index contributed by atoms with van der Waals surface area (Å²) in [6, 6.07) is 70.3. The highest BCUT2D eigenvalue weighted by Gasteiger charge is 2.27. The van der Waals surface area contributed by atoms with E-state index in [1.165, 1.54) is 92.5 Å². The number of fused-ring (bicyclic) bond motifs is 10. The number of hydrogen-bond acceptors (Lipinski definition) is 3. The Balaban J connectivity index is 1.01. The number of aliphatic imine (C=N–C) groups is 1. The van der Waals surface area contributed by atoms with E-state index in [0.29, 0.717) is 0 Å². The molecule has 12 aromatic rings. The molecule has 1 aromatic heterocycles. The topological polar surface area (TPSA) is 37.5 Å². The van der Waals surface area contributed by atoms with Crippen LogP contribution >= 0.6 is 0 Å². The Kier molecular flexibility index (Phi) is 6.78. The number of furan rings is 1. The summed E-state index contributed by atoms with van der Waals surface area (Å²) in [7, 11) is 0.